The number of carboxylic acid groups (broad SMARTS) is 1. The molecule has 2 aromatic carbocycles. The summed E-state index contributed by atoms with van der Waals surface area (Å²) in [6.45, 7) is 2.17. The predicted molar refractivity (Wildman–Crippen MR) is 95.5 cm³/mol. The number of benzene rings is 2. The highest BCUT2D eigenvalue weighted by Gasteiger charge is 2.19. The van der Waals surface area contributed by atoms with Gasteiger partial charge in [0.05, 0.1) is 5.92 Å². The Morgan fingerprint density at radius 3 is 2.35 bits per heavy atom. The van der Waals surface area contributed by atoms with Crippen LogP contribution >= 0.6 is 0 Å². The first-order chi connectivity index (χ1) is 11.2. The molecule has 2 aromatic rings. The number of aliphatic carboxylic acids is 1. The molecular weight excluding hydrogens is 284 g/mol. The van der Waals surface area contributed by atoms with Crippen LogP contribution < -0.4 is 0 Å². The van der Waals surface area contributed by atoms with Gasteiger partial charge in [-0.2, -0.15) is 0 Å². The molecule has 1 unspecified atom stereocenters. The van der Waals surface area contributed by atoms with Gasteiger partial charge in [-0.25, -0.2) is 0 Å². The molecule has 23 heavy (non-hydrogen) atoms. The average molecular weight is 310 g/mol. The fourth-order valence-electron chi connectivity index (χ4n) is 2.99. The maximum Gasteiger partial charge on any atom is 0.306 e. The van der Waals surface area contributed by atoms with Crippen molar-refractivity contribution in [2.75, 3.05) is 0 Å². The van der Waals surface area contributed by atoms with Crippen molar-refractivity contribution in [2.24, 2.45) is 5.92 Å². The van der Waals surface area contributed by atoms with Crippen LogP contribution in [0.15, 0.2) is 54.6 Å². The predicted octanol–water partition coefficient (Wildman–Crippen LogP) is 5.57. The zero-order chi connectivity index (χ0) is 16.5. The van der Waals surface area contributed by atoms with Gasteiger partial charge in [0.1, 0.15) is 0 Å². The Kier molecular flexibility index (Phi) is 6.86. The molecule has 0 aromatic heterocycles. The Bertz CT molecular complexity index is 604. The molecule has 0 aliphatic rings. The molecular formula is C21H26O2. The first-order valence-electron chi connectivity index (χ1n) is 8.58. The van der Waals surface area contributed by atoms with Crippen molar-refractivity contribution >= 4 is 5.97 Å². The second-order valence-corrected chi connectivity index (χ2v) is 6.11. The summed E-state index contributed by atoms with van der Waals surface area (Å²) >= 11 is 0. The van der Waals surface area contributed by atoms with E-state index in [0.717, 1.165) is 36.0 Å². The molecule has 0 heterocycles. The Balaban J connectivity index is 2.12. The van der Waals surface area contributed by atoms with Crippen molar-refractivity contribution in [1.82, 2.24) is 0 Å². The van der Waals surface area contributed by atoms with Crippen LogP contribution in [-0.4, -0.2) is 11.1 Å². The van der Waals surface area contributed by atoms with Crippen LogP contribution in [0.2, 0.25) is 0 Å². The Morgan fingerprint density at radius 1 is 0.957 bits per heavy atom. The van der Waals surface area contributed by atoms with E-state index in [0.29, 0.717) is 6.42 Å². The van der Waals surface area contributed by atoms with Gasteiger partial charge in [-0.05, 0) is 29.5 Å². The van der Waals surface area contributed by atoms with Gasteiger partial charge in [0, 0.05) is 0 Å². The minimum atomic E-state index is -0.677. The van der Waals surface area contributed by atoms with Gasteiger partial charge < -0.3 is 5.11 Å². The summed E-state index contributed by atoms with van der Waals surface area (Å²) in [5, 5.41) is 9.55. The molecule has 0 aliphatic heterocycles. The summed E-state index contributed by atoms with van der Waals surface area (Å²) in [5.41, 5.74) is 3.42. The molecule has 0 bridgehead atoms. The van der Waals surface area contributed by atoms with Crippen molar-refractivity contribution in [1.29, 1.82) is 0 Å². The number of hydrogen-bond acceptors (Lipinski definition) is 1. The lowest BCUT2D eigenvalue weighted by atomic mass is 9.89. The van der Waals surface area contributed by atoms with Crippen LogP contribution in [0.3, 0.4) is 0 Å². The molecule has 2 nitrogen and oxygen atoms in total. The Labute approximate surface area is 139 Å². The third-order valence-electron chi connectivity index (χ3n) is 4.32. The van der Waals surface area contributed by atoms with Crippen LogP contribution in [0.25, 0.3) is 11.1 Å². The summed E-state index contributed by atoms with van der Waals surface area (Å²) in [7, 11) is 0. The number of rotatable bonds is 9. The summed E-state index contributed by atoms with van der Waals surface area (Å²) in [5.74, 6) is -0.971. The quantitative estimate of drug-likeness (QED) is 0.615. The minimum absolute atomic E-state index is 0.295. The molecule has 0 aliphatic carbocycles. The largest absolute Gasteiger partial charge is 0.481 e. The normalized spacial score (nSPS) is 12.0. The highest BCUT2D eigenvalue weighted by atomic mass is 16.4. The third-order valence-corrected chi connectivity index (χ3v) is 4.32. The standard InChI is InChI=1S/C21H26O2/c1-2-3-4-6-14-19(21(22)23)16-18-13-9-10-15-20(18)17-11-7-5-8-12-17/h5,7-13,15,19H,2-4,6,14,16H2,1H3,(H,22,23). The van der Waals surface area contributed by atoms with Crippen LogP contribution in [0.5, 0.6) is 0 Å². The van der Waals surface area contributed by atoms with E-state index in [1.807, 2.05) is 30.3 Å². The van der Waals surface area contributed by atoms with E-state index in [1.165, 1.54) is 12.8 Å². The molecule has 0 saturated carbocycles. The molecule has 122 valence electrons. The first-order valence-corrected chi connectivity index (χ1v) is 8.58. The van der Waals surface area contributed by atoms with Crippen molar-refractivity contribution in [3.05, 3.63) is 60.2 Å². The van der Waals surface area contributed by atoms with E-state index in [4.69, 9.17) is 0 Å². The molecule has 0 spiro atoms. The van der Waals surface area contributed by atoms with Gasteiger partial charge in [-0.3, -0.25) is 4.79 Å². The van der Waals surface area contributed by atoms with Gasteiger partial charge >= 0.3 is 5.97 Å². The Morgan fingerprint density at radius 2 is 1.65 bits per heavy atom. The van der Waals surface area contributed by atoms with Crippen LogP contribution in [0, 0.1) is 5.92 Å². The molecule has 2 rings (SSSR count). The lowest BCUT2D eigenvalue weighted by molar-refractivity contribution is -0.142. The van der Waals surface area contributed by atoms with Crippen molar-refractivity contribution in [3.8, 4) is 11.1 Å². The summed E-state index contributed by atoms with van der Waals surface area (Å²) < 4.78 is 0. The number of carboxylic acids is 1. The molecule has 1 atom stereocenters. The number of hydrogen-bond donors (Lipinski definition) is 1. The SMILES string of the molecule is CCCCCCC(Cc1ccccc1-c1ccccc1)C(=O)O. The molecule has 0 radical (unpaired) electrons. The zero-order valence-electron chi connectivity index (χ0n) is 13.9. The first kappa shape index (κ1) is 17.3. The average Bonchev–Trinajstić information content (AvgIpc) is 2.58. The lowest BCUT2D eigenvalue weighted by Gasteiger charge is -2.15. The monoisotopic (exact) mass is 310 g/mol. The second kappa shape index (κ2) is 9.14. The lowest BCUT2D eigenvalue weighted by Crippen LogP contribution is -2.17. The summed E-state index contributed by atoms with van der Waals surface area (Å²) in [4.78, 5) is 11.6. The molecule has 0 amide bonds. The number of unbranched alkanes of at least 4 members (excludes halogenated alkanes) is 3. The fourth-order valence-corrected chi connectivity index (χ4v) is 2.99. The highest BCUT2D eigenvalue weighted by Crippen LogP contribution is 2.27. The second-order valence-electron chi connectivity index (χ2n) is 6.11. The van der Waals surface area contributed by atoms with Crippen LogP contribution in [0.1, 0.15) is 44.6 Å². The topological polar surface area (TPSA) is 37.3 Å². The Hall–Kier alpha value is -2.09. The molecule has 1 N–H and O–H groups in total. The molecule has 0 fully saturated rings. The minimum Gasteiger partial charge on any atom is -0.481 e. The molecule has 0 saturated heterocycles. The van der Waals surface area contributed by atoms with E-state index in [-0.39, 0.29) is 5.92 Å². The summed E-state index contributed by atoms with van der Waals surface area (Å²) in [6, 6.07) is 18.4. The van der Waals surface area contributed by atoms with Gasteiger partial charge in [0.25, 0.3) is 0 Å². The maximum absolute atomic E-state index is 11.6. The van der Waals surface area contributed by atoms with Crippen molar-refractivity contribution in [2.45, 2.75) is 45.4 Å². The van der Waals surface area contributed by atoms with Crippen molar-refractivity contribution < 1.29 is 9.90 Å². The maximum atomic E-state index is 11.6. The van der Waals surface area contributed by atoms with Gasteiger partial charge in [-0.15, -0.1) is 0 Å². The van der Waals surface area contributed by atoms with E-state index >= 15 is 0 Å². The smallest absolute Gasteiger partial charge is 0.306 e. The van der Waals surface area contributed by atoms with E-state index in [1.54, 1.807) is 0 Å². The van der Waals surface area contributed by atoms with Gasteiger partial charge in [-0.1, -0.05) is 87.2 Å². The van der Waals surface area contributed by atoms with Gasteiger partial charge in [0.2, 0.25) is 0 Å². The van der Waals surface area contributed by atoms with Gasteiger partial charge in [0.15, 0.2) is 0 Å². The van der Waals surface area contributed by atoms with Crippen molar-refractivity contribution in [3.63, 3.8) is 0 Å². The zero-order valence-corrected chi connectivity index (χ0v) is 13.9. The fraction of sp³-hybridized carbons (Fsp3) is 0.381. The highest BCUT2D eigenvalue weighted by molar-refractivity contribution is 5.72. The third kappa shape index (κ3) is 5.24. The van der Waals surface area contributed by atoms with E-state index in [9.17, 15) is 9.90 Å². The van der Waals surface area contributed by atoms with Crippen LogP contribution in [0.4, 0.5) is 0 Å². The number of carbonyl (C=O) groups is 1. The molecule has 2 heteroatoms. The summed E-state index contributed by atoms with van der Waals surface area (Å²) in [6.07, 6.45) is 5.85. The van der Waals surface area contributed by atoms with Crippen LogP contribution in [-0.2, 0) is 11.2 Å². The van der Waals surface area contributed by atoms with E-state index < -0.39 is 5.97 Å². The van der Waals surface area contributed by atoms with E-state index in [2.05, 4.69) is 31.2 Å².